The highest BCUT2D eigenvalue weighted by Gasteiger charge is 2.29. The Labute approximate surface area is 139 Å². The van der Waals surface area contributed by atoms with Crippen molar-refractivity contribution in [3.63, 3.8) is 0 Å². The smallest absolute Gasteiger partial charge is 0.273 e. The lowest BCUT2D eigenvalue weighted by molar-refractivity contribution is -0.380. The van der Waals surface area contributed by atoms with E-state index >= 15 is 0 Å². The summed E-state index contributed by atoms with van der Waals surface area (Å²) < 4.78 is 0. The Kier molecular flexibility index (Phi) is 4.49. The summed E-state index contributed by atoms with van der Waals surface area (Å²) in [5, 5.41) is 19.2. The molecule has 1 aromatic heterocycles. The second kappa shape index (κ2) is 6.71. The van der Waals surface area contributed by atoms with E-state index in [9.17, 15) is 14.9 Å². The van der Waals surface area contributed by atoms with Crippen LogP contribution in [0.4, 0.5) is 10.7 Å². The summed E-state index contributed by atoms with van der Waals surface area (Å²) in [6, 6.07) is 12.2. The molecule has 0 unspecified atom stereocenters. The van der Waals surface area contributed by atoms with Gasteiger partial charge >= 0.3 is 5.00 Å². The quantitative estimate of drug-likeness (QED) is 0.483. The molecule has 1 fully saturated rings. The largest absolute Gasteiger partial charge is 0.324 e. The zero-order valence-electron chi connectivity index (χ0n) is 11.7. The first kappa shape index (κ1) is 15.4. The molecule has 1 aromatic carbocycles. The highest BCUT2D eigenvalue weighted by Crippen LogP contribution is 2.26. The van der Waals surface area contributed by atoms with Crippen LogP contribution in [0, 0.1) is 10.1 Å². The number of thioether (sulfide) groups is 1. The molecule has 0 bridgehead atoms. The van der Waals surface area contributed by atoms with Crippen molar-refractivity contribution in [1.82, 2.24) is 0 Å². The second-order valence-corrected chi connectivity index (χ2v) is 6.45. The van der Waals surface area contributed by atoms with E-state index in [2.05, 4.69) is 10.2 Å². The lowest BCUT2D eigenvalue weighted by atomic mass is 10.3. The van der Waals surface area contributed by atoms with E-state index in [0.29, 0.717) is 15.8 Å². The van der Waals surface area contributed by atoms with Crippen LogP contribution in [0.1, 0.15) is 4.88 Å². The van der Waals surface area contributed by atoms with Gasteiger partial charge in [-0.1, -0.05) is 41.3 Å². The number of amidine groups is 1. The number of para-hydroxylation sites is 1. The van der Waals surface area contributed by atoms with Crippen LogP contribution in [0.25, 0.3) is 0 Å². The summed E-state index contributed by atoms with van der Waals surface area (Å²) in [5.74, 6) is 0.259. The maximum absolute atomic E-state index is 12.0. The van der Waals surface area contributed by atoms with E-state index in [4.69, 9.17) is 0 Å². The molecule has 0 radical (unpaired) electrons. The third kappa shape index (κ3) is 3.46. The molecule has 0 N–H and O–H groups in total. The average Bonchev–Trinajstić information content (AvgIpc) is 3.16. The molecule has 1 aliphatic heterocycles. The minimum absolute atomic E-state index is 0.0513. The van der Waals surface area contributed by atoms with Gasteiger partial charge < -0.3 is 0 Å². The number of thiophene rings is 1. The van der Waals surface area contributed by atoms with Crippen LogP contribution >= 0.6 is 23.1 Å². The molecule has 0 spiro atoms. The van der Waals surface area contributed by atoms with Gasteiger partial charge in [-0.05, 0) is 18.2 Å². The van der Waals surface area contributed by atoms with Crippen molar-refractivity contribution < 1.29 is 9.72 Å². The third-order valence-electron chi connectivity index (χ3n) is 2.90. The number of anilines is 1. The van der Waals surface area contributed by atoms with Gasteiger partial charge in [0.05, 0.1) is 27.5 Å². The van der Waals surface area contributed by atoms with Gasteiger partial charge in [-0.2, -0.15) is 5.10 Å². The molecule has 0 aliphatic carbocycles. The van der Waals surface area contributed by atoms with Gasteiger partial charge in [0.2, 0.25) is 5.91 Å². The summed E-state index contributed by atoms with van der Waals surface area (Å²) >= 11 is 2.32. The lowest BCUT2D eigenvalue weighted by Crippen LogP contribution is -2.28. The lowest BCUT2D eigenvalue weighted by Gasteiger charge is -2.14. The van der Waals surface area contributed by atoms with Crippen LogP contribution in [-0.2, 0) is 4.79 Å². The van der Waals surface area contributed by atoms with Crippen molar-refractivity contribution in [2.24, 2.45) is 10.2 Å². The van der Waals surface area contributed by atoms with Crippen molar-refractivity contribution in [1.29, 1.82) is 0 Å². The monoisotopic (exact) mass is 346 g/mol. The van der Waals surface area contributed by atoms with E-state index in [1.54, 1.807) is 6.07 Å². The minimum atomic E-state index is -0.448. The van der Waals surface area contributed by atoms with Gasteiger partial charge in [-0.15, -0.1) is 5.10 Å². The summed E-state index contributed by atoms with van der Waals surface area (Å²) in [6.45, 7) is 0. The van der Waals surface area contributed by atoms with Crippen molar-refractivity contribution in [2.45, 2.75) is 0 Å². The van der Waals surface area contributed by atoms with Crippen LogP contribution in [0.2, 0.25) is 0 Å². The van der Waals surface area contributed by atoms with E-state index in [1.165, 1.54) is 28.9 Å². The van der Waals surface area contributed by atoms with E-state index < -0.39 is 4.92 Å². The summed E-state index contributed by atoms with van der Waals surface area (Å²) in [6.07, 6.45) is 1.44. The molecule has 23 heavy (non-hydrogen) atoms. The van der Waals surface area contributed by atoms with Gasteiger partial charge in [-0.3, -0.25) is 19.8 Å². The zero-order valence-corrected chi connectivity index (χ0v) is 13.3. The number of hydrogen-bond acceptors (Lipinski definition) is 7. The molecular weight excluding hydrogens is 336 g/mol. The van der Waals surface area contributed by atoms with Crippen LogP contribution in [0.5, 0.6) is 0 Å². The Morgan fingerprint density at radius 3 is 2.70 bits per heavy atom. The molecule has 3 rings (SSSR count). The Balaban J connectivity index is 1.79. The van der Waals surface area contributed by atoms with Gasteiger partial charge in [0.15, 0.2) is 5.17 Å². The number of rotatable bonds is 4. The SMILES string of the molecule is O=C1CS/C(=N\N=C\c2ccc([N+](=O)[O-])s2)N1c1ccccc1. The van der Waals surface area contributed by atoms with Gasteiger partial charge in [0, 0.05) is 6.07 Å². The number of carbonyl (C=O) groups is 1. The molecule has 1 aliphatic rings. The third-order valence-corrected chi connectivity index (χ3v) is 4.79. The van der Waals surface area contributed by atoms with Crippen LogP contribution in [0.15, 0.2) is 52.7 Å². The van der Waals surface area contributed by atoms with E-state index in [-0.39, 0.29) is 10.9 Å². The first-order chi connectivity index (χ1) is 11.1. The number of benzene rings is 1. The molecule has 7 nitrogen and oxygen atoms in total. The standard InChI is InChI=1S/C14H10N4O3S2/c19-12-9-22-14(17(12)10-4-2-1-3-5-10)16-15-8-11-6-7-13(23-11)18(20)21/h1-8H,9H2/b15-8+,16-14-. The first-order valence-electron chi connectivity index (χ1n) is 6.51. The molecule has 1 saturated heterocycles. The Hall–Kier alpha value is -2.52. The highest BCUT2D eigenvalue weighted by molar-refractivity contribution is 8.15. The molecule has 116 valence electrons. The Morgan fingerprint density at radius 1 is 1.22 bits per heavy atom. The Bertz CT molecular complexity index is 801. The molecular formula is C14H10N4O3S2. The number of hydrogen-bond donors (Lipinski definition) is 0. The molecule has 2 aromatic rings. The topological polar surface area (TPSA) is 88.2 Å². The molecule has 9 heteroatoms. The van der Waals surface area contributed by atoms with Crippen molar-refractivity contribution in [3.8, 4) is 0 Å². The summed E-state index contributed by atoms with van der Waals surface area (Å²) in [5.41, 5.74) is 0.739. The fourth-order valence-corrected chi connectivity index (χ4v) is 3.42. The number of nitro groups is 1. The molecule has 0 atom stereocenters. The summed E-state index contributed by atoms with van der Waals surface area (Å²) in [7, 11) is 0. The number of amides is 1. The highest BCUT2D eigenvalue weighted by atomic mass is 32.2. The fourth-order valence-electron chi connectivity index (χ4n) is 1.91. The van der Waals surface area contributed by atoms with E-state index in [0.717, 1.165) is 17.0 Å². The van der Waals surface area contributed by atoms with Crippen molar-refractivity contribution >= 4 is 51.1 Å². The van der Waals surface area contributed by atoms with Gasteiger partial charge in [-0.25, -0.2) is 0 Å². The van der Waals surface area contributed by atoms with E-state index in [1.807, 2.05) is 30.3 Å². The normalized spacial score (nSPS) is 16.6. The second-order valence-electron chi connectivity index (χ2n) is 4.41. The average molecular weight is 346 g/mol. The Morgan fingerprint density at radius 2 is 2.00 bits per heavy atom. The predicted octanol–water partition coefficient (Wildman–Crippen LogP) is 3.13. The van der Waals surface area contributed by atoms with Gasteiger partial charge in [0.1, 0.15) is 0 Å². The molecule has 0 saturated carbocycles. The number of nitrogens with zero attached hydrogens (tertiary/aromatic N) is 4. The molecule has 1 amide bonds. The maximum atomic E-state index is 12.0. The van der Waals surface area contributed by atoms with Crippen LogP contribution in [0.3, 0.4) is 0 Å². The van der Waals surface area contributed by atoms with Crippen LogP contribution < -0.4 is 4.90 Å². The summed E-state index contributed by atoms with van der Waals surface area (Å²) in [4.78, 5) is 24.3. The zero-order chi connectivity index (χ0) is 16.2. The van der Waals surface area contributed by atoms with Crippen LogP contribution in [-0.4, -0.2) is 28.0 Å². The van der Waals surface area contributed by atoms with Gasteiger partial charge in [0.25, 0.3) is 0 Å². The first-order valence-corrected chi connectivity index (χ1v) is 8.31. The fraction of sp³-hybridized carbons (Fsp3) is 0.0714. The minimum Gasteiger partial charge on any atom is -0.273 e. The number of carbonyl (C=O) groups excluding carboxylic acids is 1. The maximum Gasteiger partial charge on any atom is 0.324 e. The predicted molar refractivity (Wildman–Crippen MR) is 92.4 cm³/mol. The van der Waals surface area contributed by atoms with Crippen molar-refractivity contribution in [2.75, 3.05) is 10.7 Å². The molecule has 2 heterocycles. The van der Waals surface area contributed by atoms with Crippen molar-refractivity contribution in [3.05, 3.63) is 57.5 Å².